The standard InChI is InChI=1S/C29H28N2O7/c32-23-8-3-6-21-28(23)27(29-22(7-4-9-24(29)33)30(21)16-15-26(34)35)20-5-1-2-10-25(20)38-17-18-11-13-19(14-12-18)31(36)37/h1-2,5,10-14,27H,3-4,6-9,15-17H2,(H,34,35). The molecule has 0 fully saturated rings. The van der Waals surface area contributed by atoms with Crippen LogP contribution >= 0.6 is 0 Å². The second-order valence-electron chi connectivity index (χ2n) is 9.75. The Morgan fingerprint density at radius 2 is 1.55 bits per heavy atom. The maximum atomic E-state index is 13.4. The third-order valence-electron chi connectivity index (χ3n) is 7.41. The highest BCUT2D eigenvalue weighted by Crippen LogP contribution is 2.50. The maximum absolute atomic E-state index is 13.4. The smallest absolute Gasteiger partial charge is 0.305 e. The lowest BCUT2D eigenvalue weighted by atomic mass is 9.70. The third kappa shape index (κ3) is 4.83. The van der Waals surface area contributed by atoms with Crippen molar-refractivity contribution in [1.82, 2.24) is 4.90 Å². The van der Waals surface area contributed by atoms with Crippen LogP contribution < -0.4 is 4.74 Å². The van der Waals surface area contributed by atoms with Crippen LogP contribution in [0, 0.1) is 10.1 Å². The minimum Gasteiger partial charge on any atom is -0.489 e. The predicted molar refractivity (Wildman–Crippen MR) is 137 cm³/mol. The molecule has 0 spiro atoms. The molecule has 5 rings (SSSR count). The second kappa shape index (κ2) is 10.6. The van der Waals surface area contributed by atoms with E-state index in [1.54, 1.807) is 18.2 Å². The van der Waals surface area contributed by atoms with Crippen LogP contribution in [0.25, 0.3) is 0 Å². The van der Waals surface area contributed by atoms with Gasteiger partial charge in [0.25, 0.3) is 5.69 Å². The van der Waals surface area contributed by atoms with Crippen molar-refractivity contribution in [2.75, 3.05) is 6.54 Å². The van der Waals surface area contributed by atoms with Crippen LogP contribution in [-0.4, -0.2) is 39.0 Å². The molecule has 2 aliphatic carbocycles. The summed E-state index contributed by atoms with van der Waals surface area (Å²) in [6.45, 7) is 0.380. The van der Waals surface area contributed by atoms with Gasteiger partial charge in [-0.2, -0.15) is 0 Å². The Hall–Kier alpha value is -4.27. The zero-order chi connectivity index (χ0) is 26.8. The summed E-state index contributed by atoms with van der Waals surface area (Å²) < 4.78 is 6.18. The van der Waals surface area contributed by atoms with Gasteiger partial charge < -0.3 is 14.7 Å². The van der Waals surface area contributed by atoms with Crippen LogP contribution in [-0.2, 0) is 21.0 Å². The van der Waals surface area contributed by atoms with E-state index in [2.05, 4.69) is 0 Å². The molecule has 38 heavy (non-hydrogen) atoms. The van der Waals surface area contributed by atoms with Gasteiger partial charge in [-0.25, -0.2) is 0 Å². The number of Topliss-reactive ketones (excluding diaryl/α,β-unsaturated/α-hetero) is 2. The Morgan fingerprint density at radius 3 is 2.13 bits per heavy atom. The molecule has 2 aromatic carbocycles. The van der Waals surface area contributed by atoms with Crippen LogP contribution in [0.2, 0.25) is 0 Å². The number of nitrogens with zero attached hydrogens (tertiary/aromatic N) is 2. The highest BCUT2D eigenvalue weighted by atomic mass is 16.6. The van der Waals surface area contributed by atoms with Gasteiger partial charge in [0.05, 0.1) is 11.3 Å². The van der Waals surface area contributed by atoms with E-state index in [0.717, 1.165) is 22.5 Å². The van der Waals surface area contributed by atoms with Crippen LogP contribution in [0.1, 0.15) is 62.0 Å². The van der Waals surface area contributed by atoms with Crippen molar-refractivity contribution >= 4 is 23.2 Å². The molecule has 0 saturated carbocycles. The summed E-state index contributed by atoms with van der Waals surface area (Å²) in [4.78, 5) is 50.7. The summed E-state index contributed by atoms with van der Waals surface area (Å²) in [5, 5.41) is 20.3. The number of carbonyl (C=O) groups is 3. The third-order valence-corrected chi connectivity index (χ3v) is 7.41. The van der Waals surface area contributed by atoms with Gasteiger partial charge in [0.1, 0.15) is 12.4 Å². The number of hydrogen-bond donors (Lipinski definition) is 1. The van der Waals surface area contributed by atoms with Gasteiger partial charge >= 0.3 is 5.97 Å². The fourth-order valence-electron chi connectivity index (χ4n) is 5.73. The molecule has 1 N–H and O–H groups in total. The van der Waals surface area contributed by atoms with Gasteiger partial charge in [0.2, 0.25) is 0 Å². The fourth-order valence-corrected chi connectivity index (χ4v) is 5.73. The SMILES string of the molecule is O=C(O)CCN1C2=C(C(=O)CCC2)C(c2ccccc2OCc2ccc([N+](=O)[O-])cc2)C2=C1CCCC2=O. The van der Waals surface area contributed by atoms with Gasteiger partial charge in [-0.15, -0.1) is 0 Å². The van der Waals surface area contributed by atoms with E-state index < -0.39 is 16.8 Å². The number of nitro benzene ring substituents is 1. The predicted octanol–water partition coefficient (Wildman–Crippen LogP) is 5.06. The summed E-state index contributed by atoms with van der Waals surface area (Å²) in [6, 6.07) is 13.5. The number of carbonyl (C=O) groups excluding carboxylic acids is 2. The summed E-state index contributed by atoms with van der Waals surface area (Å²) in [7, 11) is 0. The molecule has 0 aromatic heterocycles. The van der Waals surface area contributed by atoms with E-state index in [9.17, 15) is 29.6 Å². The van der Waals surface area contributed by atoms with Crippen LogP contribution in [0.4, 0.5) is 5.69 Å². The number of ether oxygens (including phenoxy) is 1. The summed E-state index contributed by atoms with van der Waals surface area (Å²) in [5.74, 6) is -1.01. The summed E-state index contributed by atoms with van der Waals surface area (Å²) in [5.41, 5.74) is 4.25. The molecular weight excluding hydrogens is 488 g/mol. The molecule has 9 heteroatoms. The largest absolute Gasteiger partial charge is 0.489 e. The second-order valence-corrected chi connectivity index (χ2v) is 9.75. The van der Waals surface area contributed by atoms with Crippen molar-refractivity contribution in [3.05, 3.63) is 92.3 Å². The number of nitro groups is 1. The van der Waals surface area contributed by atoms with E-state index in [4.69, 9.17) is 4.74 Å². The molecule has 2 aromatic rings. The molecule has 0 unspecified atom stereocenters. The van der Waals surface area contributed by atoms with E-state index in [0.29, 0.717) is 55.4 Å². The number of allylic oxidation sites excluding steroid dienone is 4. The Bertz CT molecular complexity index is 1330. The average molecular weight is 517 g/mol. The number of carboxylic acid groups (broad SMARTS) is 1. The molecular formula is C29H28N2O7. The first kappa shape index (κ1) is 25.4. The summed E-state index contributed by atoms with van der Waals surface area (Å²) >= 11 is 0. The van der Waals surface area contributed by atoms with Crippen molar-refractivity contribution in [3.8, 4) is 5.75 Å². The normalized spacial score (nSPS) is 17.8. The number of carboxylic acids is 1. The molecule has 0 atom stereocenters. The first-order chi connectivity index (χ1) is 18.3. The number of non-ortho nitro benzene ring substituents is 1. The highest BCUT2D eigenvalue weighted by Gasteiger charge is 2.44. The Morgan fingerprint density at radius 1 is 0.947 bits per heavy atom. The zero-order valence-corrected chi connectivity index (χ0v) is 20.9. The van der Waals surface area contributed by atoms with Crippen molar-refractivity contribution in [1.29, 1.82) is 0 Å². The molecule has 0 radical (unpaired) electrons. The van der Waals surface area contributed by atoms with Gasteiger partial charge in [-0.3, -0.25) is 24.5 Å². The van der Waals surface area contributed by atoms with Gasteiger partial charge in [0, 0.05) is 65.5 Å². The van der Waals surface area contributed by atoms with Crippen molar-refractivity contribution in [2.24, 2.45) is 0 Å². The van der Waals surface area contributed by atoms with E-state index in [-0.39, 0.29) is 36.8 Å². The van der Waals surface area contributed by atoms with E-state index >= 15 is 0 Å². The van der Waals surface area contributed by atoms with Gasteiger partial charge in [0.15, 0.2) is 11.6 Å². The first-order valence-electron chi connectivity index (χ1n) is 12.8. The van der Waals surface area contributed by atoms with Gasteiger partial charge in [-0.1, -0.05) is 18.2 Å². The van der Waals surface area contributed by atoms with Crippen LogP contribution in [0.5, 0.6) is 5.75 Å². The number of hydrogen-bond acceptors (Lipinski definition) is 7. The molecule has 0 saturated heterocycles. The molecule has 9 nitrogen and oxygen atoms in total. The Kier molecular flexibility index (Phi) is 7.09. The summed E-state index contributed by atoms with van der Waals surface area (Å²) in [6.07, 6.45) is 3.33. The molecule has 1 heterocycles. The average Bonchev–Trinajstić information content (AvgIpc) is 2.91. The van der Waals surface area contributed by atoms with E-state index in [1.807, 2.05) is 23.1 Å². The lowest BCUT2D eigenvalue weighted by Gasteiger charge is -2.44. The molecule has 0 amide bonds. The van der Waals surface area contributed by atoms with Crippen molar-refractivity contribution < 1.29 is 29.2 Å². The first-order valence-corrected chi connectivity index (χ1v) is 12.8. The quantitative estimate of drug-likeness (QED) is 0.381. The molecule has 1 aliphatic heterocycles. The van der Waals surface area contributed by atoms with Crippen molar-refractivity contribution in [2.45, 2.75) is 57.5 Å². The number of rotatable bonds is 8. The van der Waals surface area contributed by atoms with Gasteiger partial charge in [-0.05, 0) is 49.4 Å². The molecule has 3 aliphatic rings. The fraction of sp³-hybridized carbons (Fsp3) is 0.345. The lowest BCUT2D eigenvalue weighted by Crippen LogP contribution is -2.40. The number of aliphatic carboxylic acids is 1. The van der Waals surface area contributed by atoms with Crippen LogP contribution in [0.3, 0.4) is 0 Å². The lowest BCUT2D eigenvalue weighted by molar-refractivity contribution is -0.384. The topological polar surface area (TPSA) is 127 Å². The number of benzene rings is 2. The Balaban J connectivity index is 1.56. The number of para-hydroxylation sites is 1. The van der Waals surface area contributed by atoms with Crippen molar-refractivity contribution in [3.63, 3.8) is 0 Å². The maximum Gasteiger partial charge on any atom is 0.305 e. The highest BCUT2D eigenvalue weighted by molar-refractivity contribution is 6.06. The van der Waals surface area contributed by atoms with Crippen LogP contribution in [0.15, 0.2) is 71.1 Å². The molecule has 196 valence electrons. The minimum atomic E-state index is -0.925. The minimum absolute atomic E-state index is 0.00522. The monoisotopic (exact) mass is 516 g/mol. The number of ketones is 2. The molecule has 0 bridgehead atoms. The Labute approximate surface area is 219 Å². The van der Waals surface area contributed by atoms with E-state index in [1.165, 1.54) is 12.1 Å². The zero-order valence-electron chi connectivity index (χ0n) is 20.9.